The smallest absolute Gasteiger partial charge is 0.490 e. The van der Waals surface area contributed by atoms with E-state index in [2.05, 4.69) is 45.1 Å². The van der Waals surface area contributed by atoms with Crippen molar-refractivity contribution in [3.63, 3.8) is 0 Å². The van der Waals surface area contributed by atoms with Crippen molar-refractivity contribution in [2.24, 2.45) is 0 Å². The maximum Gasteiger partial charge on any atom is 0.490 e. The zero-order chi connectivity index (χ0) is 44.0. The number of anilines is 1. The number of rotatable bonds is 5. The molecule has 0 radical (unpaired) electrons. The number of likely N-dealkylation sites (tertiary alicyclic amines) is 1. The van der Waals surface area contributed by atoms with Crippen molar-refractivity contribution in [1.82, 2.24) is 14.9 Å². The van der Waals surface area contributed by atoms with Crippen molar-refractivity contribution < 1.29 is 97.0 Å². The highest BCUT2D eigenvalue weighted by molar-refractivity contribution is 5.74. The molecule has 0 amide bonds. The molecule has 1 saturated heterocycles. The third-order valence-electron chi connectivity index (χ3n) is 7.17. The Labute approximate surface area is 312 Å². The van der Waals surface area contributed by atoms with Crippen LogP contribution in [0.5, 0.6) is 5.75 Å². The molecule has 1 aromatic carbocycles. The predicted octanol–water partition coefficient (Wildman–Crippen LogP) is 6.18. The number of ether oxygens (including phenoxy) is 1. The van der Waals surface area contributed by atoms with E-state index in [9.17, 15) is 52.7 Å². The van der Waals surface area contributed by atoms with Crippen LogP contribution in [0.25, 0.3) is 0 Å². The number of halogens is 12. The molecule has 3 aromatic rings. The average molecular weight is 843 g/mol. The fourth-order valence-electron chi connectivity index (χ4n) is 4.82. The summed E-state index contributed by atoms with van der Waals surface area (Å²) in [6.07, 6.45) is -15.4. The number of carbonyl (C=O) groups is 4. The molecule has 2 aromatic heterocycles. The molecule has 2 aliphatic rings. The molecule has 1 atom stereocenters. The Kier molecular flexibility index (Phi) is 17.5. The Hall–Kier alpha value is -5.88. The van der Waals surface area contributed by atoms with Crippen molar-refractivity contribution in [2.75, 3.05) is 31.6 Å². The highest BCUT2D eigenvalue weighted by Gasteiger charge is 2.48. The monoisotopic (exact) mass is 842 g/mol. The van der Waals surface area contributed by atoms with Gasteiger partial charge < -0.3 is 30.1 Å². The molecule has 57 heavy (non-hydrogen) atoms. The lowest BCUT2D eigenvalue weighted by molar-refractivity contribution is -0.193. The predicted molar refractivity (Wildman–Crippen MR) is 169 cm³/mol. The first-order chi connectivity index (χ1) is 26.0. The molecular formula is C32H30F12N4O9. The normalized spacial score (nSPS) is 16.2. The number of pyridine rings is 2. The molecule has 1 spiro atoms. The molecule has 4 heterocycles. The summed E-state index contributed by atoms with van der Waals surface area (Å²) in [7, 11) is 1.71. The van der Waals surface area contributed by atoms with Crippen molar-refractivity contribution >= 4 is 29.6 Å². The van der Waals surface area contributed by atoms with Crippen LogP contribution in [0, 0.1) is 0 Å². The Balaban J connectivity index is 0.000000473. The van der Waals surface area contributed by atoms with Gasteiger partial charge in [0.25, 0.3) is 0 Å². The second-order valence-corrected chi connectivity index (χ2v) is 11.3. The van der Waals surface area contributed by atoms with Crippen LogP contribution >= 0.6 is 0 Å². The molecule has 1 unspecified atom stereocenters. The number of hydrogen-bond donors (Lipinski definition) is 4. The van der Waals surface area contributed by atoms with Gasteiger partial charge in [-0.2, -0.15) is 52.7 Å². The Morgan fingerprint density at radius 2 is 1.11 bits per heavy atom. The Morgan fingerprint density at radius 1 is 0.649 bits per heavy atom. The van der Waals surface area contributed by atoms with Crippen LogP contribution in [0.3, 0.4) is 0 Å². The molecule has 0 aliphatic carbocycles. The quantitative estimate of drug-likeness (QED) is 0.213. The first-order valence-corrected chi connectivity index (χ1v) is 15.2. The maximum atomic E-state index is 10.6. The summed E-state index contributed by atoms with van der Waals surface area (Å²) >= 11 is 0. The number of aliphatic carboxylic acids is 4. The highest BCUT2D eigenvalue weighted by atomic mass is 19.4. The summed E-state index contributed by atoms with van der Waals surface area (Å²) in [6.45, 7) is 4.95. The van der Waals surface area contributed by atoms with Gasteiger partial charge in [0.2, 0.25) is 0 Å². The molecular weight excluding hydrogens is 812 g/mol. The van der Waals surface area contributed by atoms with Gasteiger partial charge >= 0.3 is 48.6 Å². The highest BCUT2D eigenvalue weighted by Crippen LogP contribution is 2.45. The number of methoxy groups -OCH3 is 1. The van der Waals surface area contributed by atoms with Gasteiger partial charge in [-0.1, -0.05) is 18.2 Å². The number of hydrogen-bond acceptors (Lipinski definition) is 9. The van der Waals surface area contributed by atoms with E-state index in [1.807, 2.05) is 36.7 Å². The van der Waals surface area contributed by atoms with E-state index in [4.69, 9.17) is 49.3 Å². The first kappa shape index (κ1) is 49.1. The molecule has 316 valence electrons. The summed E-state index contributed by atoms with van der Waals surface area (Å²) in [4.78, 5) is 50.0. The zero-order valence-corrected chi connectivity index (χ0v) is 28.7. The lowest BCUT2D eigenvalue weighted by Crippen LogP contribution is -2.36. The van der Waals surface area contributed by atoms with E-state index in [0.717, 1.165) is 50.6 Å². The van der Waals surface area contributed by atoms with Crippen LogP contribution in [0.15, 0.2) is 67.0 Å². The summed E-state index contributed by atoms with van der Waals surface area (Å²) in [5, 5.41) is 28.5. The van der Waals surface area contributed by atoms with Crippen molar-refractivity contribution in [3.8, 4) is 5.75 Å². The minimum Gasteiger partial charge on any atom is -0.497 e. The third kappa shape index (κ3) is 16.8. The van der Waals surface area contributed by atoms with E-state index in [0.29, 0.717) is 0 Å². The van der Waals surface area contributed by atoms with E-state index >= 15 is 0 Å². The summed E-state index contributed by atoms with van der Waals surface area (Å²) in [6, 6.07) is 18.8. The SMILES string of the molecule is COc1ccc(CN2CCC3(C2)CN(Cc2ccccn2)c2cccnc23)cc1.O=C(O)C(F)(F)F.O=C(O)C(F)(F)F.O=C(O)C(F)(F)F.O=C(O)C(F)(F)F. The van der Waals surface area contributed by atoms with Gasteiger partial charge in [0, 0.05) is 37.4 Å². The van der Waals surface area contributed by atoms with Crippen molar-refractivity contribution in [1.29, 1.82) is 0 Å². The van der Waals surface area contributed by atoms with Crippen LogP contribution in [0.4, 0.5) is 58.4 Å². The minimum atomic E-state index is -5.08. The number of alkyl halides is 12. The van der Waals surface area contributed by atoms with Crippen molar-refractivity contribution in [3.05, 3.63) is 83.9 Å². The number of benzene rings is 1. The van der Waals surface area contributed by atoms with Crippen LogP contribution in [-0.4, -0.2) is 111 Å². The number of carboxylic acid groups (broad SMARTS) is 4. The van der Waals surface area contributed by atoms with Crippen LogP contribution < -0.4 is 9.64 Å². The molecule has 4 N–H and O–H groups in total. The summed E-state index contributed by atoms with van der Waals surface area (Å²) in [5.74, 6) is -10.1. The first-order valence-electron chi connectivity index (χ1n) is 15.2. The van der Waals surface area contributed by atoms with Gasteiger partial charge in [-0.15, -0.1) is 0 Å². The van der Waals surface area contributed by atoms with Crippen molar-refractivity contribution in [2.45, 2.75) is 49.6 Å². The van der Waals surface area contributed by atoms with Gasteiger partial charge in [-0.3, -0.25) is 14.9 Å². The number of carboxylic acids is 4. The fourth-order valence-corrected chi connectivity index (χ4v) is 4.82. The van der Waals surface area contributed by atoms with Gasteiger partial charge in [-0.25, -0.2) is 19.2 Å². The van der Waals surface area contributed by atoms with Gasteiger partial charge in [0.15, 0.2) is 0 Å². The lowest BCUT2D eigenvalue weighted by Gasteiger charge is -2.26. The lowest BCUT2D eigenvalue weighted by atomic mass is 9.85. The molecule has 1 fully saturated rings. The molecule has 5 rings (SSSR count). The zero-order valence-electron chi connectivity index (χ0n) is 28.7. The van der Waals surface area contributed by atoms with Crippen LogP contribution in [0.2, 0.25) is 0 Å². The molecule has 0 saturated carbocycles. The largest absolute Gasteiger partial charge is 0.497 e. The van der Waals surface area contributed by atoms with Crippen LogP contribution in [0.1, 0.15) is 23.4 Å². The minimum absolute atomic E-state index is 0.109. The summed E-state index contributed by atoms with van der Waals surface area (Å²) in [5.41, 5.74) is 5.06. The maximum absolute atomic E-state index is 10.6. The topological polar surface area (TPSA) is 191 Å². The average Bonchev–Trinajstić information content (AvgIpc) is 3.64. The Bertz CT molecular complexity index is 1680. The molecule has 25 heteroatoms. The Morgan fingerprint density at radius 3 is 1.51 bits per heavy atom. The second kappa shape index (κ2) is 20.3. The number of nitrogens with zero attached hydrogens (tertiary/aromatic N) is 4. The third-order valence-corrected chi connectivity index (χ3v) is 7.17. The van der Waals surface area contributed by atoms with Gasteiger partial charge in [-0.05, 0) is 54.9 Å². The van der Waals surface area contributed by atoms with E-state index in [1.54, 1.807) is 7.11 Å². The van der Waals surface area contributed by atoms with Gasteiger partial charge in [0.05, 0.1) is 30.7 Å². The summed E-state index contributed by atoms with van der Waals surface area (Å²) < 4.78 is 132. The molecule has 0 bridgehead atoms. The number of aromatic nitrogens is 2. The van der Waals surface area contributed by atoms with Gasteiger partial charge in [0.1, 0.15) is 5.75 Å². The standard InChI is InChI=1S/C24H26N4O.4C2HF3O2/c1-29-21-9-7-19(8-10-21)15-27-14-11-24(17-27)18-28(16-20-5-2-3-12-25-20)22-6-4-13-26-23(22)24;4*3-2(4,5)1(6)7/h2-10,12-13H,11,14-18H2,1H3;4*(H,6,7). The molecule has 13 nitrogen and oxygen atoms in total. The van der Waals surface area contributed by atoms with E-state index < -0.39 is 48.6 Å². The number of fused-ring (bicyclic) bond motifs is 2. The van der Waals surface area contributed by atoms with Crippen LogP contribution in [-0.2, 0) is 37.7 Å². The van der Waals surface area contributed by atoms with E-state index in [1.165, 1.54) is 16.9 Å². The fraction of sp³-hybridized carbons (Fsp3) is 0.375. The van der Waals surface area contributed by atoms with E-state index in [-0.39, 0.29) is 5.41 Å². The second-order valence-electron chi connectivity index (χ2n) is 11.3. The molecule has 2 aliphatic heterocycles.